The van der Waals surface area contributed by atoms with Crippen LogP contribution in [0.25, 0.3) is 0 Å². The van der Waals surface area contributed by atoms with Crippen LogP contribution in [0.4, 0.5) is 0 Å². The van der Waals surface area contributed by atoms with Crippen LogP contribution in [0, 0.1) is 12.8 Å². The van der Waals surface area contributed by atoms with E-state index in [1.165, 1.54) is 7.11 Å². The van der Waals surface area contributed by atoms with Crippen molar-refractivity contribution < 1.29 is 19.4 Å². The summed E-state index contributed by atoms with van der Waals surface area (Å²) in [5.74, 6) is 0.152. The van der Waals surface area contributed by atoms with Gasteiger partial charge in [0.1, 0.15) is 5.75 Å². The maximum Gasteiger partial charge on any atom is 0.308 e. The van der Waals surface area contributed by atoms with E-state index in [0.29, 0.717) is 6.42 Å². The van der Waals surface area contributed by atoms with Crippen molar-refractivity contribution >= 4 is 5.97 Å². The highest BCUT2D eigenvalue weighted by Gasteiger charge is 2.19. The lowest BCUT2D eigenvalue weighted by Gasteiger charge is -2.16. The Hall–Kier alpha value is -1.55. The van der Waals surface area contributed by atoms with E-state index < -0.39 is 6.10 Å². The average Bonchev–Trinajstić information content (AvgIpc) is 2.37. The van der Waals surface area contributed by atoms with Gasteiger partial charge >= 0.3 is 5.97 Å². The van der Waals surface area contributed by atoms with Crippen molar-refractivity contribution in [2.45, 2.75) is 26.4 Å². The Labute approximate surface area is 108 Å². The van der Waals surface area contributed by atoms with Crippen LogP contribution in [0.3, 0.4) is 0 Å². The van der Waals surface area contributed by atoms with Crippen molar-refractivity contribution in [3.05, 3.63) is 29.3 Å². The van der Waals surface area contributed by atoms with Crippen LogP contribution in [-0.4, -0.2) is 25.3 Å². The molecule has 0 saturated carbocycles. The van der Waals surface area contributed by atoms with E-state index in [-0.39, 0.29) is 11.9 Å². The van der Waals surface area contributed by atoms with Crippen molar-refractivity contribution in [3.8, 4) is 5.75 Å². The van der Waals surface area contributed by atoms with Crippen LogP contribution in [0.2, 0.25) is 0 Å². The Bertz CT molecular complexity index is 414. The molecule has 0 aliphatic carbocycles. The van der Waals surface area contributed by atoms with Crippen LogP contribution < -0.4 is 4.74 Å². The number of aryl methyl sites for hydroxylation is 1. The second kappa shape index (κ2) is 6.40. The van der Waals surface area contributed by atoms with E-state index in [0.717, 1.165) is 16.9 Å². The van der Waals surface area contributed by atoms with E-state index in [1.54, 1.807) is 20.1 Å². The number of aliphatic hydroxyl groups excluding tert-OH is 1. The second-order valence-electron chi connectivity index (χ2n) is 4.40. The van der Waals surface area contributed by atoms with Crippen molar-refractivity contribution in [3.63, 3.8) is 0 Å². The number of methoxy groups -OCH3 is 2. The molecular weight excluding hydrogens is 232 g/mol. The smallest absolute Gasteiger partial charge is 0.308 e. The first kappa shape index (κ1) is 14.5. The number of carbonyl (C=O) groups is 1. The molecule has 0 fully saturated rings. The minimum Gasteiger partial charge on any atom is -0.496 e. The third-order valence-corrected chi connectivity index (χ3v) is 2.98. The van der Waals surface area contributed by atoms with E-state index in [2.05, 4.69) is 4.74 Å². The summed E-state index contributed by atoms with van der Waals surface area (Å²) in [4.78, 5) is 11.3. The Morgan fingerprint density at radius 1 is 1.39 bits per heavy atom. The molecule has 0 radical (unpaired) electrons. The monoisotopic (exact) mass is 252 g/mol. The van der Waals surface area contributed by atoms with Crippen molar-refractivity contribution in [1.82, 2.24) is 0 Å². The molecule has 0 spiro atoms. The lowest BCUT2D eigenvalue weighted by Crippen LogP contribution is -2.16. The van der Waals surface area contributed by atoms with Gasteiger partial charge in [-0.3, -0.25) is 4.79 Å². The van der Waals surface area contributed by atoms with Gasteiger partial charge in [0.2, 0.25) is 0 Å². The zero-order valence-electron chi connectivity index (χ0n) is 11.3. The number of aliphatic hydroxyl groups is 1. The topological polar surface area (TPSA) is 55.8 Å². The molecule has 1 rings (SSSR count). The van der Waals surface area contributed by atoms with Crippen molar-refractivity contribution in [1.29, 1.82) is 0 Å². The van der Waals surface area contributed by atoms with Crippen molar-refractivity contribution in [2.75, 3.05) is 14.2 Å². The van der Waals surface area contributed by atoms with Gasteiger partial charge in [0.15, 0.2) is 0 Å². The van der Waals surface area contributed by atoms with Crippen molar-refractivity contribution in [2.24, 2.45) is 5.92 Å². The summed E-state index contributed by atoms with van der Waals surface area (Å²) in [7, 11) is 2.96. The van der Waals surface area contributed by atoms with E-state index in [4.69, 9.17) is 4.74 Å². The van der Waals surface area contributed by atoms with Gasteiger partial charge in [-0.15, -0.1) is 0 Å². The fraction of sp³-hybridized carbons (Fsp3) is 0.500. The minimum absolute atomic E-state index is 0.306. The average molecular weight is 252 g/mol. The summed E-state index contributed by atoms with van der Waals surface area (Å²) in [6.45, 7) is 3.66. The third kappa shape index (κ3) is 3.47. The minimum atomic E-state index is -0.677. The fourth-order valence-electron chi connectivity index (χ4n) is 1.88. The molecule has 0 bridgehead atoms. The molecule has 18 heavy (non-hydrogen) atoms. The van der Waals surface area contributed by atoms with Gasteiger partial charge in [-0.25, -0.2) is 0 Å². The number of hydrogen-bond acceptors (Lipinski definition) is 4. The first-order valence-corrected chi connectivity index (χ1v) is 5.90. The molecule has 0 aliphatic rings. The summed E-state index contributed by atoms with van der Waals surface area (Å²) >= 11 is 0. The highest BCUT2D eigenvalue weighted by molar-refractivity contribution is 5.71. The molecule has 0 saturated heterocycles. The van der Waals surface area contributed by atoms with Gasteiger partial charge in [-0.05, 0) is 36.6 Å². The van der Waals surface area contributed by atoms with Gasteiger partial charge in [0, 0.05) is 0 Å². The Balaban J connectivity index is 2.75. The molecule has 4 heteroatoms. The normalized spacial score (nSPS) is 13.8. The molecule has 0 heterocycles. The van der Waals surface area contributed by atoms with Gasteiger partial charge in [-0.1, -0.05) is 13.0 Å². The molecule has 100 valence electrons. The quantitative estimate of drug-likeness (QED) is 0.816. The predicted molar refractivity (Wildman–Crippen MR) is 68.5 cm³/mol. The highest BCUT2D eigenvalue weighted by atomic mass is 16.5. The lowest BCUT2D eigenvalue weighted by atomic mass is 9.97. The zero-order chi connectivity index (χ0) is 13.7. The molecule has 0 aliphatic heterocycles. The van der Waals surface area contributed by atoms with Gasteiger partial charge in [0.25, 0.3) is 0 Å². The highest BCUT2D eigenvalue weighted by Crippen LogP contribution is 2.26. The third-order valence-electron chi connectivity index (χ3n) is 2.98. The maximum absolute atomic E-state index is 11.3. The van der Waals surface area contributed by atoms with Crippen LogP contribution in [0.15, 0.2) is 18.2 Å². The number of hydrogen-bond donors (Lipinski definition) is 1. The number of carbonyl (C=O) groups excluding carboxylic acids is 1. The SMILES string of the molecule is COC(=O)C(C)CC(O)c1ccc(OC)c(C)c1. The van der Waals surface area contributed by atoms with Crippen LogP contribution in [0.1, 0.15) is 30.6 Å². The number of esters is 1. The van der Waals surface area contributed by atoms with E-state index in [9.17, 15) is 9.90 Å². The molecule has 2 atom stereocenters. The molecule has 1 aromatic rings. The Kier molecular flexibility index (Phi) is 5.16. The Morgan fingerprint density at radius 3 is 2.56 bits per heavy atom. The van der Waals surface area contributed by atoms with E-state index >= 15 is 0 Å². The summed E-state index contributed by atoms with van der Waals surface area (Å²) in [5.41, 5.74) is 1.74. The molecule has 0 aromatic heterocycles. The number of rotatable bonds is 5. The van der Waals surface area contributed by atoms with E-state index in [1.807, 2.05) is 19.1 Å². The summed E-state index contributed by atoms with van der Waals surface area (Å²) < 4.78 is 9.80. The first-order chi connectivity index (χ1) is 8.49. The molecule has 0 amide bonds. The number of ether oxygens (including phenoxy) is 2. The zero-order valence-corrected chi connectivity index (χ0v) is 11.3. The molecule has 1 N–H and O–H groups in total. The second-order valence-corrected chi connectivity index (χ2v) is 4.40. The van der Waals surface area contributed by atoms with Crippen LogP contribution in [0.5, 0.6) is 5.75 Å². The molecule has 1 aromatic carbocycles. The van der Waals surface area contributed by atoms with Gasteiger partial charge < -0.3 is 14.6 Å². The maximum atomic E-state index is 11.3. The van der Waals surface area contributed by atoms with Crippen LogP contribution >= 0.6 is 0 Å². The summed E-state index contributed by atoms with van der Waals surface area (Å²) in [6, 6.07) is 5.49. The molecule has 2 unspecified atom stereocenters. The van der Waals surface area contributed by atoms with Crippen LogP contribution in [-0.2, 0) is 9.53 Å². The van der Waals surface area contributed by atoms with Gasteiger partial charge in [-0.2, -0.15) is 0 Å². The first-order valence-electron chi connectivity index (χ1n) is 5.90. The van der Waals surface area contributed by atoms with Gasteiger partial charge in [0.05, 0.1) is 26.2 Å². The predicted octanol–water partition coefficient (Wildman–Crippen LogP) is 2.24. The lowest BCUT2D eigenvalue weighted by molar-refractivity contribution is -0.145. The molecular formula is C14H20O4. The largest absolute Gasteiger partial charge is 0.496 e. The standard InChI is InChI=1S/C14H20O4/c1-9-7-11(5-6-13(9)17-3)12(15)8-10(2)14(16)18-4/h5-7,10,12,15H,8H2,1-4H3. The molecule has 4 nitrogen and oxygen atoms in total. The Morgan fingerprint density at radius 2 is 2.06 bits per heavy atom. The summed E-state index contributed by atoms with van der Waals surface area (Å²) in [6.07, 6.45) is -0.331. The summed E-state index contributed by atoms with van der Waals surface area (Å²) in [5, 5.41) is 10.1. The fourth-order valence-corrected chi connectivity index (χ4v) is 1.88. The number of benzene rings is 1.